The molecule has 0 aromatic carbocycles. The van der Waals surface area contributed by atoms with Crippen molar-refractivity contribution in [3.05, 3.63) is 0 Å². The summed E-state index contributed by atoms with van der Waals surface area (Å²) in [5.41, 5.74) is 0. The summed E-state index contributed by atoms with van der Waals surface area (Å²) >= 11 is 0. The molecule has 0 aliphatic rings. The van der Waals surface area contributed by atoms with Gasteiger partial charge in [-0.25, -0.2) is 0 Å². The summed E-state index contributed by atoms with van der Waals surface area (Å²) < 4.78 is 11.6. The number of amides is 1. The topological polar surface area (TPSA) is 76.2 Å². The van der Waals surface area contributed by atoms with Crippen LogP contribution in [-0.2, 0) is 23.9 Å². The number of nitrogens with zero attached hydrogens (tertiary/aromatic N) is 2. The Bertz CT molecular complexity index is 964. The minimum Gasteiger partial charge on any atom is -0.465 e. The standard InChI is InChI=1S/C57H112N2O5.C2H6/c1-8-13-18-21-30-37-47-55(60)59(49-40-48-58(6)7)54(45-35-28-24-22-26-31-38-50-63-56(61)52(41-16-11-4)43-33-19-14-9-2)46-36-29-25-23-27-32-39-51-64-57(62)53(42-17-12-5)44-34-20-15-10-3;1-2/h52-54H,8-51H2,1-7H3;1-2H3. The molecule has 7 nitrogen and oxygen atoms in total. The van der Waals surface area contributed by atoms with E-state index in [2.05, 4.69) is 58.5 Å². The van der Waals surface area contributed by atoms with Crippen LogP contribution in [0.2, 0.25) is 0 Å². The highest BCUT2D eigenvalue weighted by atomic mass is 16.5. The average molecular weight is 936 g/mol. The second kappa shape index (κ2) is 52.7. The van der Waals surface area contributed by atoms with Crippen LogP contribution in [0.1, 0.15) is 305 Å². The molecule has 0 aliphatic heterocycles. The largest absolute Gasteiger partial charge is 0.465 e. The van der Waals surface area contributed by atoms with Crippen LogP contribution in [0.5, 0.6) is 0 Å². The van der Waals surface area contributed by atoms with Gasteiger partial charge in [0.05, 0.1) is 25.0 Å². The molecule has 1 amide bonds. The molecule has 0 fully saturated rings. The van der Waals surface area contributed by atoms with Gasteiger partial charge in [-0.15, -0.1) is 0 Å². The number of unbranched alkanes of at least 4 members (excludes halogenated alkanes) is 25. The first kappa shape index (κ1) is 66.5. The zero-order valence-corrected chi connectivity index (χ0v) is 46.3. The van der Waals surface area contributed by atoms with Crippen molar-refractivity contribution < 1.29 is 23.9 Å². The van der Waals surface area contributed by atoms with Gasteiger partial charge in [-0.2, -0.15) is 0 Å². The number of esters is 2. The lowest BCUT2D eigenvalue weighted by Gasteiger charge is -2.33. The van der Waals surface area contributed by atoms with Crippen molar-refractivity contribution in [2.45, 2.75) is 311 Å². The molecule has 394 valence electrons. The molecule has 7 heteroatoms. The summed E-state index contributed by atoms with van der Waals surface area (Å²) in [6, 6.07) is 0.347. The van der Waals surface area contributed by atoms with Crippen molar-refractivity contribution in [2.75, 3.05) is 40.4 Å². The van der Waals surface area contributed by atoms with Gasteiger partial charge in [0.2, 0.25) is 5.91 Å². The van der Waals surface area contributed by atoms with Crippen LogP contribution in [-0.4, -0.2) is 74.1 Å². The Morgan fingerprint density at radius 1 is 0.364 bits per heavy atom. The van der Waals surface area contributed by atoms with Gasteiger partial charge in [-0.05, 0) is 84.8 Å². The van der Waals surface area contributed by atoms with E-state index in [1.54, 1.807) is 0 Å². The third kappa shape index (κ3) is 42.5. The molecule has 0 aliphatic carbocycles. The van der Waals surface area contributed by atoms with Crippen molar-refractivity contribution in [1.82, 2.24) is 9.80 Å². The number of hydrogen-bond donors (Lipinski definition) is 0. The second-order valence-corrected chi connectivity index (χ2v) is 20.2. The molecule has 2 atom stereocenters. The van der Waals surface area contributed by atoms with E-state index in [1.165, 1.54) is 135 Å². The van der Waals surface area contributed by atoms with Gasteiger partial charge in [-0.3, -0.25) is 14.4 Å². The quantitative estimate of drug-likeness (QED) is 0.0447. The van der Waals surface area contributed by atoms with E-state index in [1.807, 2.05) is 13.8 Å². The predicted octanol–water partition coefficient (Wildman–Crippen LogP) is 17.8. The van der Waals surface area contributed by atoms with Crippen LogP contribution in [0, 0.1) is 11.8 Å². The zero-order chi connectivity index (χ0) is 49.1. The van der Waals surface area contributed by atoms with E-state index in [-0.39, 0.29) is 23.8 Å². The maximum Gasteiger partial charge on any atom is 0.308 e. The maximum atomic E-state index is 13.9. The fourth-order valence-electron chi connectivity index (χ4n) is 9.33. The SMILES string of the molecule is CC.CCCCCCCCC(=O)N(CCCN(C)C)C(CCCCCCCCCOC(=O)C(CCCC)CCCCCC)CCCCCCCCCOC(=O)C(CCCC)CCCCCC. The minimum absolute atomic E-state index is 0.0474. The third-order valence-electron chi connectivity index (χ3n) is 13.7. The van der Waals surface area contributed by atoms with E-state index in [0.29, 0.717) is 31.6 Å². The van der Waals surface area contributed by atoms with Gasteiger partial charge in [0.15, 0.2) is 0 Å². The molecule has 0 N–H and O–H groups in total. The Balaban J connectivity index is 0. The van der Waals surface area contributed by atoms with Gasteiger partial charge in [0.25, 0.3) is 0 Å². The normalized spacial score (nSPS) is 12.7. The molecule has 66 heavy (non-hydrogen) atoms. The molecule has 2 unspecified atom stereocenters. The van der Waals surface area contributed by atoms with Gasteiger partial charge >= 0.3 is 11.9 Å². The van der Waals surface area contributed by atoms with Crippen LogP contribution in [0.3, 0.4) is 0 Å². The minimum atomic E-state index is 0.0474. The fourth-order valence-corrected chi connectivity index (χ4v) is 9.33. The third-order valence-corrected chi connectivity index (χ3v) is 13.7. The molecule has 0 aromatic heterocycles. The van der Waals surface area contributed by atoms with Crippen molar-refractivity contribution in [1.29, 1.82) is 0 Å². The first-order valence-electron chi connectivity index (χ1n) is 29.5. The summed E-state index contributed by atoms with van der Waals surface area (Å²) in [6.07, 6.45) is 45.8. The van der Waals surface area contributed by atoms with E-state index >= 15 is 0 Å². The van der Waals surface area contributed by atoms with E-state index < -0.39 is 0 Å². The lowest BCUT2D eigenvalue weighted by atomic mass is 9.95. The smallest absolute Gasteiger partial charge is 0.308 e. The zero-order valence-electron chi connectivity index (χ0n) is 46.3. The molecule has 0 radical (unpaired) electrons. The highest BCUT2D eigenvalue weighted by molar-refractivity contribution is 5.76. The lowest BCUT2D eigenvalue weighted by Crippen LogP contribution is -2.41. The van der Waals surface area contributed by atoms with E-state index in [9.17, 15) is 14.4 Å². The average Bonchev–Trinajstić information content (AvgIpc) is 3.31. The molecule has 0 rings (SSSR count). The molecule has 0 saturated carbocycles. The van der Waals surface area contributed by atoms with Gasteiger partial charge in [0, 0.05) is 19.0 Å². The Kier molecular flexibility index (Phi) is 53.1. The van der Waals surface area contributed by atoms with E-state index in [0.717, 1.165) is 129 Å². The molecular formula is C59H118N2O5. The molecule has 0 heterocycles. The van der Waals surface area contributed by atoms with Crippen LogP contribution in [0.25, 0.3) is 0 Å². The van der Waals surface area contributed by atoms with Crippen LogP contribution >= 0.6 is 0 Å². The second-order valence-electron chi connectivity index (χ2n) is 20.2. The lowest BCUT2D eigenvalue weighted by molar-refractivity contribution is -0.150. The molecule has 0 spiro atoms. The van der Waals surface area contributed by atoms with Crippen molar-refractivity contribution >= 4 is 17.8 Å². The predicted molar refractivity (Wildman–Crippen MR) is 287 cm³/mol. The molecule has 0 saturated heterocycles. The highest BCUT2D eigenvalue weighted by Crippen LogP contribution is 2.24. The van der Waals surface area contributed by atoms with Gasteiger partial charge in [0.1, 0.15) is 0 Å². The van der Waals surface area contributed by atoms with E-state index in [4.69, 9.17) is 9.47 Å². The summed E-state index contributed by atoms with van der Waals surface area (Å²) in [5, 5.41) is 0. The molecular weight excluding hydrogens is 817 g/mol. The number of hydrogen-bond acceptors (Lipinski definition) is 6. The maximum absolute atomic E-state index is 13.9. The summed E-state index contributed by atoms with van der Waals surface area (Å²) in [5.74, 6) is 0.669. The Hall–Kier alpha value is -1.63. The van der Waals surface area contributed by atoms with Crippen molar-refractivity contribution in [3.8, 4) is 0 Å². The number of rotatable bonds is 50. The number of carbonyl (C=O) groups excluding carboxylic acids is 3. The first-order chi connectivity index (χ1) is 32.2. The monoisotopic (exact) mass is 935 g/mol. The summed E-state index contributed by atoms with van der Waals surface area (Å²) in [7, 11) is 4.28. The molecule has 0 aromatic rings. The number of ether oxygens (including phenoxy) is 2. The van der Waals surface area contributed by atoms with Gasteiger partial charge < -0.3 is 19.3 Å². The fraction of sp³-hybridized carbons (Fsp3) is 0.949. The first-order valence-corrected chi connectivity index (χ1v) is 29.5. The van der Waals surface area contributed by atoms with Gasteiger partial charge in [-0.1, -0.05) is 235 Å². The summed E-state index contributed by atoms with van der Waals surface area (Å²) in [4.78, 5) is 44.2. The molecule has 0 bridgehead atoms. The van der Waals surface area contributed by atoms with Crippen LogP contribution < -0.4 is 0 Å². The van der Waals surface area contributed by atoms with Crippen LogP contribution in [0.15, 0.2) is 0 Å². The highest BCUT2D eigenvalue weighted by Gasteiger charge is 2.23. The van der Waals surface area contributed by atoms with Crippen molar-refractivity contribution in [3.63, 3.8) is 0 Å². The number of carbonyl (C=O) groups is 3. The Labute approximate surface area is 413 Å². The Morgan fingerprint density at radius 3 is 1.08 bits per heavy atom. The van der Waals surface area contributed by atoms with Crippen LogP contribution in [0.4, 0.5) is 0 Å². The van der Waals surface area contributed by atoms with Crippen molar-refractivity contribution in [2.24, 2.45) is 11.8 Å². The summed E-state index contributed by atoms with van der Waals surface area (Å²) in [6.45, 7) is 18.2. The Morgan fingerprint density at radius 2 is 0.682 bits per heavy atom.